The molecule has 1 aromatic carbocycles. The molecule has 18 heavy (non-hydrogen) atoms. The highest BCUT2D eigenvalue weighted by molar-refractivity contribution is 5.79. The van der Waals surface area contributed by atoms with Crippen molar-refractivity contribution < 1.29 is 4.79 Å². The van der Waals surface area contributed by atoms with Gasteiger partial charge in [0.1, 0.15) is 0 Å². The number of hydrogen-bond donors (Lipinski definition) is 1. The summed E-state index contributed by atoms with van der Waals surface area (Å²) in [7, 11) is 0. The molecule has 1 N–H and O–H groups in total. The van der Waals surface area contributed by atoms with E-state index in [1.165, 1.54) is 0 Å². The maximum atomic E-state index is 12.4. The van der Waals surface area contributed by atoms with E-state index >= 15 is 0 Å². The van der Waals surface area contributed by atoms with Gasteiger partial charge in [-0.05, 0) is 26.3 Å². The smallest absolute Gasteiger partial charge is 0.227 e. The number of benzene rings is 1. The standard InChI is InChI=1S/C15H22N2O/c1-12-10-17(15(2,3)11-16-12)14(18)9-13-7-5-4-6-8-13/h4-8,12,16H,9-11H2,1-3H3. The van der Waals surface area contributed by atoms with Crippen molar-refractivity contribution in [2.75, 3.05) is 13.1 Å². The van der Waals surface area contributed by atoms with Crippen LogP contribution in [0.15, 0.2) is 30.3 Å². The molecular weight excluding hydrogens is 224 g/mol. The fourth-order valence-electron chi connectivity index (χ4n) is 2.41. The van der Waals surface area contributed by atoms with E-state index in [-0.39, 0.29) is 11.4 Å². The summed E-state index contributed by atoms with van der Waals surface area (Å²) in [6, 6.07) is 10.3. The van der Waals surface area contributed by atoms with Crippen LogP contribution in [0.3, 0.4) is 0 Å². The van der Waals surface area contributed by atoms with Gasteiger partial charge in [0.05, 0.1) is 6.42 Å². The van der Waals surface area contributed by atoms with Crippen LogP contribution in [-0.2, 0) is 11.2 Å². The van der Waals surface area contributed by atoms with Gasteiger partial charge >= 0.3 is 0 Å². The number of hydrogen-bond acceptors (Lipinski definition) is 2. The lowest BCUT2D eigenvalue weighted by molar-refractivity contribution is -0.137. The molecule has 3 nitrogen and oxygen atoms in total. The van der Waals surface area contributed by atoms with Crippen LogP contribution in [0.1, 0.15) is 26.3 Å². The first-order valence-corrected chi connectivity index (χ1v) is 6.57. The minimum Gasteiger partial charge on any atom is -0.334 e. The van der Waals surface area contributed by atoms with E-state index < -0.39 is 0 Å². The van der Waals surface area contributed by atoms with E-state index in [2.05, 4.69) is 26.1 Å². The van der Waals surface area contributed by atoms with Crippen molar-refractivity contribution in [3.05, 3.63) is 35.9 Å². The average molecular weight is 246 g/mol. The van der Waals surface area contributed by atoms with Gasteiger partial charge in [-0.1, -0.05) is 30.3 Å². The van der Waals surface area contributed by atoms with Gasteiger partial charge in [-0.3, -0.25) is 4.79 Å². The molecule has 0 aromatic heterocycles. The predicted octanol–water partition coefficient (Wildman–Crippen LogP) is 1.83. The minimum absolute atomic E-state index is 0.0988. The molecule has 0 bridgehead atoms. The van der Waals surface area contributed by atoms with Crippen molar-refractivity contribution in [2.45, 2.75) is 38.8 Å². The fraction of sp³-hybridized carbons (Fsp3) is 0.533. The van der Waals surface area contributed by atoms with Gasteiger partial charge in [-0.2, -0.15) is 0 Å². The van der Waals surface area contributed by atoms with Crippen LogP contribution in [0.4, 0.5) is 0 Å². The van der Waals surface area contributed by atoms with Crippen molar-refractivity contribution in [1.29, 1.82) is 0 Å². The zero-order valence-corrected chi connectivity index (χ0v) is 11.4. The largest absolute Gasteiger partial charge is 0.334 e. The Balaban J connectivity index is 2.07. The molecule has 98 valence electrons. The maximum Gasteiger partial charge on any atom is 0.227 e. The Morgan fingerprint density at radius 3 is 2.72 bits per heavy atom. The van der Waals surface area contributed by atoms with Crippen LogP contribution in [0.25, 0.3) is 0 Å². The first-order chi connectivity index (χ1) is 8.49. The first-order valence-electron chi connectivity index (χ1n) is 6.57. The summed E-state index contributed by atoms with van der Waals surface area (Å²) in [4.78, 5) is 14.4. The number of rotatable bonds is 2. The Bertz CT molecular complexity index is 414. The van der Waals surface area contributed by atoms with E-state index in [1.807, 2.05) is 35.2 Å². The molecule has 1 atom stereocenters. The zero-order chi connectivity index (χ0) is 13.2. The van der Waals surface area contributed by atoms with Crippen LogP contribution in [0, 0.1) is 0 Å². The summed E-state index contributed by atoms with van der Waals surface area (Å²) < 4.78 is 0. The van der Waals surface area contributed by atoms with E-state index in [0.717, 1.165) is 18.7 Å². The third-order valence-corrected chi connectivity index (χ3v) is 3.57. The number of amides is 1. The first kappa shape index (κ1) is 13.1. The highest BCUT2D eigenvalue weighted by atomic mass is 16.2. The number of piperazine rings is 1. The zero-order valence-electron chi connectivity index (χ0n) is 11.4. The van der Waals surface area contributed by atoms with Crippen molar-refractivity contribution in [1.82, 2.24) is 10.2 Å². The van der Waals surface area contributed by atoms with Gasteiger partial charge < -0.3 is 10.2 Å². The minimum atomic E-state index is -0.0988. The summed E-state index contributed by atoms with van der Waals surface area (Å²) in [5.41, 5.74) is 0.989. The van der Waals surface area contributed by atoms with E-state index in [0.29, 0.717) is 12.5 Å². The maximum absolute atomic E-state index is 12.4. The molecule has 0 saturated carbocycles. The van der Waals surface area contributed by atoms with Gasteiger partial charge in [0, 0.05) is 24.7 Å². The van der Waals surface area contributed by atoms with Crippen molar-refractivity contribution in [2.24, 2.45) is 0 Å². The Hall–Kier alpha value is -1.35. The van der Waals surface area contributed by atoms with E-state index in [1.54, 1.807) is 0 Å². The topological polar surface area (TPSA) is 32.3 Å². The Morgan fingerprint density at radius 2 is 2.06 bits per heavy atom. The molecule has 1 heterocycles. The molecule has 1 aliphatic rings. The Labute approximate surface area is 109 Å². The quantitative estimate of drug-likeness (QED) is 0.863. The molecule has 0 aliphatic carbocycles. The number of carbonyl (C=O) groups is 1. The Kier molecular flexibility index (Phi) is 3.71. The second-order valence-electron chi connectivity index (χ2n) is 5.76. The summed E-state index contributed by atoms with van der Waals surface area (Å²) in [5, 5.41) is 3.43. The van der Waals surface area contributed by atoms with E-state index in [4.69, 9.17) is 0 Å². The van der Waals surface area contributed by atoms with Crippen LogP contribution in [-0.4, -0.2) is 35.5 Å². The van der Waals surface area contributed by atoms with Crippen LogP contribution in [0.2, 0.25) is 0 Å². The summed E-state index contributed by atoms with van der Waals surface area (Å²) in [6.07, 6.45) is 0.497. The molecule has 2 rings (SSSR count). The van der Waals surface area contributed by atoms with Gasteiger partial charge in [0.25, 0.3) is 0 Å². The summed E-state index contributed by atoms with van der Waals surface area (Å²) >= 11 is 0. The van der Waals surface area contributed by atoms with Crippen LogP contribution >= 0.6 is 0 Å². The normalized spacial score (nSPS) is 22.8. The lowest BCUT2D eigenvalue weighted by atomic mass is 9.96. The molecule has 1 aromatic rings. The molecular formula is C15H22N2O. The monoisotopic (exact) mass is 246 g/mol. The molecule has 1 fully saturated rings. The van der Waals surface area contributed by atoms with Crippen molar-refractivity contribution in [3.63, 3.8) is 0 Å². The SMILES string of the molecule is CC1CN(C(=O)Cc2ccccc2)C(C)(C)CN1. The molecule has 1 unspecified atom stereocenters. The predicted molar refractivity (Wildman–Crippen MR) is 73.4 cm³/mol. The molecule has 1 saturated heterocycles. The van der Waals surface area contributed by atoms with Crippen LogP contribution < -0.4 is 5.32 Å². The highest BCUT2D eigenvalue weighted by Crippen LogP contribution is 2.19. The second kappa shape index (κ2) is 5.11. The fourth-order valence-corrected chi connectivity index (χ4v) is 2.41. The molecule has 1 aliphatic heterocycles. The van der Waals surface area contributed by atoms with Gasteiger partial charge in [-0.15, -0.1) is 0 Å². The van der Waals surface area contributed by atoms with Gasteiger partial charge in [0.15, 0.2) is 0 Å². The lowest BCUT2D eigenvalue weighted by Gasteiger charge is -2.45. The molecule has 0 spiro atoms. The van der Waals surface area contributed by atoms with E-state index in [9.17, 15) is 4.79 Å². The number of nitrogens with zero attached hydrogens (tertiary/aromatic N) is 1. The highest BCUT2D eigenvalue weighted by Gasteiger charge is 2.35. The third-order valence-electron chi connectivity index (χ3n) is 3.57. The van der Waals surface area contributed by atoms with Crippen LogP contribution in [0.5, 0.6) is 0 Å². The Morgan fingerprint density at radius 1 is 1.39 bits per heavy atom. The lowest BCUT2D eigenvalue weighted by Crippen LogP contribution is -2.63. The van der Waals surface area contributed by atoms with Crippen molar-refractivity contribution in [3.8, 4) is 0 Å². The van der Waals surface area contributed by atoms with Gasteiger partial charge in [0.2, 0.25) is 5.91 Å². The summed E-state index contributed by atoms with van der Waals surface area (Å²) in [5.74, 6) is 0.222. The third kappa shape index (κ3) is 2.91. The molecule has 0 radical (unpaired) electrons. The molecule has 1 amide bonds. The number of nitrogens with one attached hydrogen (secondary N) is 1. The van der Waals surface area contributed by atoms with Crippen molar-refractivity contribution >= 4 is 5.91 Å². The molecule has 3 heteroatoms. The summed E-state index contributed by atoms with van der Waals surface area (Å²) in [6.45, 7) is 8.01. The average Bonchev–Trinajstić information content (AvgIpc) is 2.33. The van der Waals surface area contributed by atoms with Gasteiger partial charge in [-0.25, -0.2) is 0 Å². The second-order valence-corrected chi connectivity index (χ2v) is 5.76. The number of carbonyl (C=O) groups excluding carboxylic acids is 1.